The third-order valence-electron chi connectivity index (χ3n) is 2.04. The summed E-state index contributed by atoms with van der Waals surface area (Å²) in [6.07, 6.45) is -0.238. The summed E-state index contributed by atoms with van der Waals surface area (Å²) in [4.78, 5) is 0. The quantitative estimate of drug-likeness (QED) is 0.626. The Morgan fingerprint density at radius 2 is 2.00 bits per heavy atom. The van der Waals surface area contributed by atoms with Crippen LogP contribution in [-0.4, -0.2) is 22.3 Å². The van der Waals surface area contributed by atoms with Crippen LogP contribution in [-0.2, 0) is 9.84 Å². The second-order valence-electron chi connectivity index (χ2n) is 3.41. The molecule has 0 aliphatic rings. The fraction of sp³-hybridized carbons (Fsp3) is 0.333. The van der Waals surface area contributed by atoms with Crippen LogP contribution < -0.4 is 5.73 Å². The largest absolute Gasteiger partial charge is 0.399 e. The van der Waals surface area contributed by atoms with Crippen molar-refractivity contribution < 1.29 is 13.5 Å². The molecule has 0 spiro atoms. The monoisotopic (exact) mass is 371 g/mol. The van der Waals surface area contributed by atoms with Gasteiger partial charge in [0.25, 0.3) is 0 Å². The third-order valence-corrected chi connectivity index (χ3v) is 7.65. The fourth-order valence-electron chi connectivity index (χ4n) is 1.13. The van der Waals surface area contributed by atoms with Gasteiger partial charge in [-0.1, -0.05) is 44.0 Å². The molecule has 0 heterocycles. The molecular formula is C9H11Br2NO3S. The zero-order valence-corrected chi connectivity index (χ0v) is 12.4. The van der Waals surface area contributed by atoms with E-state index in [0.717, 1.165) is 6.26 Å². The van der Waals surface area contributed by atoms with E-state index >= 15 is 0 Å². The number of nitrogens with two attached hydrogens (primary N) is 1. The maximum Gasteiger partial charge on any atom is 0.210 e. The molecule has 0 radical (unpaired) electrons. The molecule has 0 fully saturated rings. The van der Waals surface area contributed by atoms with Crippen LogP contribution in [0.2, 0.25) is 0 Å². The maximum absolute atomic E-state index is 11.5. The van der Waals surface area contributed by atoms with Gasteiger partial charge in [0.2, 0.25) is 2.57 Å². The molecule has 4 nitrogen and oxygen atoms in total. The second-order valence-corrected chi connectivity index (χ2v) is 10.2. The first-order valence-corrected chi connectivity index (χ1v) is 7.75. The lowest BCUT2D eigenvalue weighted by Gasteiger charge is -2.25. The standard InChI is InChI=1S/C9H11Br2NO3S/c1-16(14,15)9(10,11)8(13)6-3-2-4-7(12)5-6/h2-5,8,13H,12H2,1H3. The number of hydrogen-bond acceptors (Lipinski definition) is 4. The number of anilines is 1. The van der Waals surface area contributed by atoms with Crippen molar-refractivity contribution in [2.24, 2.45) is 0 Å². The highest BCUT2D eigenvalue weighted by Crippen LogP contribution is 2.43. The molecule has 1 rings (SSSR count). The van der Waals surface area contributed by atoms with Crippen molar-refractivity contribution in [3.63, 3.8) is 0 Å². The van der Waals surface area contributed by atoms with Crippen molar-refractivity contribution in [1.29, 1.82) is 0 Å². The molecule has 0 bridgehead atoms. The first-order chi connectivity index (χ1) is 7.16. The van der Waals surface area contributed by atoms with Gasteiger partial charge in [-0.15, -0.1) is 0 Å². The molecule has 1 aromatic rings. The van der Waals surface area contributed by atoms with E-state index in [9.17, 15) is 13.5 Å². The number of alkyl halides is 2. The normalized spacial score (nSPS) is 14.8. The van der Waals surface area contributed by atoms with Crippen LogP contribution in [0.4, 0.5) is 5.69 Å². The predicted molar refractivity (Wildman–Crippen MR) is 71.2 cm³/mol. The highest BCUT2D eigenvalue weighted by molar-refractivity contribution is 9.27. The molecule has 1 unspecified atom stereocenters. The molecule has 0 aliphatic heterocycles. The number of sulfone groups is 1. The Balaban J connectivity index is 3.17. The van der Waals surface area contributed by atoms with Crippen molar-refractivity contribution in [1.82, 2.24) is 0 Å². The number of halogens is 2. The number of rotatable bonds is 3. The molecule has 0 saturated heterocycles. The first-order valence-electron chi connectivity index (χ1n) is 4.27. The molecule has 1 atom stereocenters. The van der Waals surface area contributed by atoms with Crippen molar-refractivity contribution in [3.8, 4) is 0 Å². The van der Waals surface area contributed by atoms with E-state index in [0.29, 0.717) is 11.3 Å². The van der Waals surface area contributed by atoms with Gasteiger partial charge in [-0.25, -0.2) is 8.42 Å². The lowest BCUT2D eigenvalue weighted by molar-refractivity contribution is 0.189. The summed E-state index contributed by atoms with van der Waals surface area (Å²) in [5.41, 5.74) is 6.43. The molecule has 1 aromatic carbocycles. The Morgan fingerprint density at radius 1 is 1.44 bits per heavy atom. The highest BCUT2D eigenvalue weighted by atomic mass is 79.9. The van der Waals surface area contributed by atoms with Crippen LogP contribution >= 0.6 is 31.9 Å². The average Bonchev–Trinajstić information content (AvgIpc) is 2.14. The number of nitrogen functional groups attached to an aromatic ring is 1. The zero-order valence-electron chi connectivity index (χ0n) is 8.39. The Kier molecular flexibility index (Phi) is 4.04. The van der Waals surface area contributed by atoms with Crippen LogP contribution in [0.15, 0.2) is 24.3 Å². The summed E-state index contributed by atoms with van der Waals surface area (Å²) in [5, 5.41) is 9.98. The van der Waals surface area contributed by atoms with Gasteiger partial charge in [0.05, 0.1) is 0 Å². The van der Waals surface area contributed by atoms with Gasteiger partial charge in [0, 0.05) is 11.9 Å². The molecule has 3 N–H and O–H groups in total. The highest BCUT2D eigenvalue weighted by Gasteiger charge is 2.43. The molecule has 7 heteroatoms. The molecule has 16 heavy (non-hydrogen) atoms. The van der Waals surface area contributed by atoms with Crippen LogP contribution in [0.1, 0.15) is 11.7 Å². The molecule has 0 aliphatic carbocycles. The van der Waals surface area contributed by atoms with Crippen molar-refractivity contribution in [3.05, 3.63) is 29.8 Å². The zero-order chi connectivity index (χ0) is 12.6. The average molecular weight is 373 g/mol. The summed E-state index contributed by atoms with van der Waals surface area (Å²) in [6, 6.07) is 6.42. The Morgan fingerprint density at radius 3 is 2.44 bits per heavy atom. The summed E-state index contributed by atoms with van der Waals surface area (Å²) >= 11 is 5.93. The van der Waals surface area contributed by atoms with Gasteiger partial charge < -0.3 is 10.8 Å². The van der Waals surface area contributed by atoms with E-state index in [1.807, 2.05) is 0 Å². The minimum absolute atomic E-state index is 0.416. The van der Waals surface area contributed by atoms with E-state index in [4.69, 9.17) is 5.73 Å². The Labute approximate surface area is 111 Å². The third kappa shape index (κ3) is 2.77. The van der Waals surface area contributed by atoms with Crippen LogP contribution in [0, 0.1) is 0 Å². The number of aliphatic hydroxyl groups excluding tert-OH is 1. The minimum Gasteiger partial charge on any atom is -0.399 e. The summed E-state index contributed by atoms with van der Waals surface area (Å²) < 4.78 is 21.3. The smallest absolute Gasteiger partial charge is 0.210 e. The van der Waals surface area contributed by atoms with E-state index < -0.39 is 18.5 Å². The number of aliphatic hydroxyl groups is 1. The van der Waals surface area contributed by atoms with Crippen LogP contribution in [0.3, 0.4) is 0 Å². The van der Waals surface area contributed by atoms with Crippen molar-refractivity contribution in [2.45, 2.75) is 8.67 Å². The van der Waals surface area contributed by atoms with Gasteiger partial charge in [-0.2, -0.15) is 0 Å². The molecule has 0 amide bonds. The SMILES string of the molecule is CS(=O)(=O)C(Br)(Br)C(O)c1cccc(N)c1. The van der Waals surface area contributed by atoms with E-state index in [1.165, 1.54) is 6.07 Å². The minimum atomic E-state index is -3.52. The summed E-state index contributed by atoms with van der Waals surface area (Å²) in [5.74, 6) is 0. The lowest BCUT2D eigenvalue weighted by Crippen LogP contribution is -2.31. The van der Waals surface area contributed by atoms with E-state index in [2.05, 4.69) is 31.9 Å². The van der Waals surface area contributed by atoms with E-state index in [1.54, 1.807) is 18.2 Å². The van der Waals surface area contributed by atoms with Gasteiger partial charge in [0.1, 0.15) is 6.10 Å². The number of hydrogen-bond donors (Lipinski definition) is 2. The molecular weight excluding hydrogens is 362 g/mol. The van der Waals surface area contributed by atoms with Crippen LogP contribution in [0.25, 0.3) is 0 Å². The first kappa shape index (κ1) is 14.0. The van der Waals surface area contributed by atoms with Gasteiger partial charge in [-0.3, -0.25) is 0 Å². The van der Waals surface area contributed by atoms with Gasteiger partial charge in [-0.05, 0) is 17.7 Å². The summed E-state index contributed by atoms with van der Waals surface area (Å²) in [7, 11) is -3.52. The second kappa shape index (κ2) is 4.64. The van der Waals surface area contributed by atoms with E-state index in [-0.39, 0.29) is 0 Å². The van der Waals surface area contributed by atoms with Crippen LogP contribution in [0.5, 0.6) is 0 Å². The molecule has 0 aromatic heterocycles. The maximum atomic E-state index is 11.5. The molecule has 0 saturated carbocycles. The van der Waals surface area contributed by atoms with Gasteiger partial charge >= 0.3 is 0 Å². The fourth-order valence-corrected chi connectivity index (χ4v) is 2.20. The van der Waals surface area contributed by atoms with Crippen molar-refractivity contribution >= 4 is 47.4 Å². The van der Waals surface area contributed by atoms with Gasteiger partial charge in [0.15, 0.2) is 9.84 Å². The number of benzene rings is 1. The Hall–Kier alpha value is -0.110. The summed E-state index contributed by atoms with van der Waals surface area (Å²) in [6.45, 7) is 0. The molecule has 90 valence electrons. The predicted octanol–water partition coefficient (Wildman–Crippen LogP) is 1.79. The lowest BCUT2D eigenvalue weighted by atomic mass is 10.1. The topological polar surface area (TPSA) is 80.4 Å². The Bertz CT molecular complexity index is 487. The van der Waals surface area contributed by atoms with Crippen molar-refractivity contribution in [2.75, 3.05) is 12.0 Å².